The van der Waals surface area contributed by atoms with Gasteiger partial charge < -0.3 is 9.47 Å². The van der Waals surface area contributed by atoms with E-state index >= 15 is 0 Å². The number of hydrogen-bond acceptors (Lipinski definition) is 8. The highest BCUT2D eigenvalue weighted by atomic mass is 32.2. The van der Waals surface area contributed by atoms with Gasteiger partial charge in [-0.25, -0.2) is 13.4 Å². The molecule has 2 aromatic heterocycles. The summed E-state index contributed by atoms with van der Waals surface area (Å²) >= 11 is 0.560. The van der Waals surface area contributed by atoms with Gasteiger partial charge in [0, 0.05) is 30.4 Å². The minimum atomic E-state index is -4.56. The van der Waals surface area contributed by atoms with E-state index in [4.69, 9.17) is 4.74 Å². The first kappa shape index (κ1) is 18.5. The predicted octanol–water partition coefficient (Wildman–Crippen LogP) is 2.47. The quantitative estimate of drug-likeness (QED) is 0.757. The number of methoxy groups -OCH3 is 1. The monoisotopic (exact) mass is 383 g/mol. The van der Waals surface area contributed by atoms with Gasteiger partial charge in [0.25, 0.3) is 0 Å². The average molecular weight is 383 g/mol. The Morgan fingerprint density at radius 1 is 1.25 bits per heavy atom. The number of alkyl halides is 3. The molecular formula is C12H12F3N3O4S2. The third-order valence-corrected chi connectivity index (χ3v) is 5.47. The van der Waals surface area contributed by atoms with Crippen LogP contribution in [0.4, 0.5) is 13.2 Å². The zero-order chi connectivity index (χ0) is 18.0. The van der Waals surface area contributed by atoms with Crippen LogP contribution < -0.4 is 4.74 Å². The molecule has 0 amide bonds. The lowest BCUT2D eigenvalue weighted by atomic mass is 10.2. The highest BCUT2D eigenvalue weighted by Gasteiger charge is 2.32. The Labute approximate surface area is 139 Å². The molecule has 0 saturated carbocycles. The van der Waals surface area contributed by atoms with Crippen LogP contribution in [0.25, 0.3) is 0 Å². The minimum absolute atomic E-state index is 0.0213. The molecule has 0 bridgehead atoms. The Morgan fingerprint density at radius 3 is 2.58 bits per heavy atom. The lowest BCUT2D eigenvalue weighted by Crippen LogP contribution is -2.11. The molecule has 7 nitrogen and oxygen atoms in total. The molecule has 0 N–H and O–H groups in total. The molecule has 0 aliphatic heterocycles. The van der Waals surface area contributed by atoms with Crippen LogP contribution in [0.15, 0.2) is 16.5 Å². The fourth-order valence-electron chi connectivity index (χ4n) is 1.59. The maximum atomic E-state index is 12.8. The summed E-state index contributed by atoms with van der Waals surface area (Å²) in [6.45, 7) is 1.35. The van der Waals surface area contributed by atoms with Gasteiger partial charge >= 0.3 is 12.2 Å². The van der Waals surface area contributed by atoms with E-state index in [9.17, 15) is 21.6 Å². The molecule has 0 unspecified atom stereocenters. The molecule has 2 aromatic rings. The van der Waals surface area contributed by atoms with E-state index in [0.717, 1.165) is 6.07 Å². The molecule has 0 aliphatic carbocycles. The number of ether oxygens (including phenoxy) is 2. The molecule has 0 fully saturated rings. The van der Waals surface area contributed by atoms with Crippen molar-refractivity contribution in [3.63, 3.8) is 0 Å². The summed E-state index contributed by atoms with van der Waals surface area (Å²) in [5, 5.41) is 0. The Balaban J connectivity index is 2.23. The van der Waals surface area contributed by atoms with Crippen molar-refractivity contribution in [2.24, 2.45) is 0 Å². The summed E-state index contributed by atoms with van der Waals surface area (Å²) in [4.78, 5) is 7.47. The summed E-state index contributed by atoms with van der Waals surface area (Å²) in [6.07, 6.45) is -4.56. The van der Waals surface area contributed by atoms with Gasteiger partial charge in [-0.2, -0.15) is 18.2 Å². The molecule has 24 heavy (non-hydrogen) atoms. The van der Waals surface area contributed by atoms with Gasteiger partial charge in [-0.1, -0.05) is 0 Å². The molecule has 2 rings (SSSR count). The van der Waals surface area contributed by atoms with Crippen LogP contribution in [0.3, 0.4) is 0 Å². The van der Waals surface area contributed by atoms with Crippen molar-refractivity contribution in [2.45, 2.75) is 17.4 Å². The SMILES string of the molecule is COCCS(=O)(=O)c1nc(Oc2cc(C(F)(F)F)cc(C)n2)ns1. The predicted molar refractivity (Wildman–Crippen MR) is 77.9 cm³/mol. The number of aryl methyl sites for hydroxylation is 1. The molecule has 132 valence electrons. The Kier molecular flexibility index (Phi) is 5.40. The zero-order valence-electron chi connectivity index (χ0n) is 12.5. The van der Waals surface area contributed by atoms with Crippen LogP contribution >= 0.6 is 11.5 Å². The van der Waals surface area contributed by atoms with Crippen molar-refractivity contribution in [3.05, 3.63) is 23.4 Å². The van der Waals surface area contributed by atoms with Crippen LogP contribution in [0.5, 0.6) is 11.9 Å². The van der Waals surface area contributed by atoms with Crippen LogP contribution in [0.2, 0.25) is 0 Å². The maximum Gasteiger partial charge on any atom is 0.416 e. The van der Waals surface area contributed by atoms with E-state index in [2.05, 4.69) is 19.1 Å². The summed E-state index contributed by atoms with van der Waals surface area (Å²) in [7, 11) is -2.34. The van der Waals surface area contributed by atoms with Gasteiger partial charge in [-0.05, 0) is 13.0 Å². The smallest absolute Gasteiger partial charge is 0.405 e. The fraction of sp³-hybridized carbons (Fsp3) is 0.417. The second-order valence-corrected chi connectivity index (χ2v) is 7.62. The Bertz CT molecular complexity index is 821. The van der Waals surface area contributed by atoms with Crippen LogP contribution in [-0.2, 0) is 20.8 Å². The van der Waals surface area contributed by atoms with Crippen molar-refractivity contribution < 1.29 is 31.1 Å². The second-order valence-electron chi connectivity index (χ2n) is 4.59. The maximum absolute atomic E-state index is 12.8. The normalized spacial score (nSPS) is 12.4. The highest BCUT2D eigenvalue weighted by Crippen LogP contribution is 2.32. The standard InChI is InChI=1S/C12H12F3N3O4S2/c1-7-5-8(12(13,14)15)6-9(16-7)22-10-17-11(23-18-10)24(19,20)4-3-21-2/h5-6H,3-4H2,1-2H3. The molecule has 2 heterocycles. The number of pyridine rings is 1. The highest BCUT2D eigenvalue weighted by molar-refractivity contribution is 7.93. The lowest BCUT2D eigenvalue weighted by Gasteiger charge is -2.09. The minimum Gasteiger partial charge on any atom is -0.405 e. The van der Waals surface area contributed by atoms with Crippen molar-refractivity contribution in [1.82, 2.24) is 14.3 Å². The molecular weight excluding hydrogens is 371 g/mol. The third kappa shape index (κ3) is 4.61. The Morgan fingerprint density at radius 2 is 1.96 bits per heavy atom. The summed E-state index contributed by atoms with van der Waals surface area (Å²) in [5.41, 5.74) is -0.851. The van der Waals surface area contributed by atoms with E-state index in [1.165, 1.54) is 14.0 Å². The van der Waals surface area contributed by atoms with E-state index in [1.54, 1.807) is 0 Å². The third-order valence-electron chi connectivity index (χ3n) is 2.66. The number of nitrogens with zero attached hydrogens (tertiary/aromatic N) is 3. The fourth-order valence-corrected chi connectivity index (χ4v) is 3.54. The van der Waals surface area contributed by atoms with Crippen LogP contribution in [0.1, 0.15) is 11.3 Å². The molecule has 12 heteroatoms. The van der Waals surface area contributed by atoms with Crippen molar-refractivity contribution in [3.8, 4) is 11.9 Å². The average Bonchev–Trinajstić information content (AvgIpc) is 2.93. The van der Waals surface area contributed by atoms with Gasteiger partial charge in [-0.3, -0.25) is 0 Å². The van der Waals surface area contributed by atoms with Crippen molar-refractivity contribution in [1.29, 1.82) is 0 Å². The molecule has 0 atom stereocenters. The first-order chi connectivity index (χ1) is 11.1. The largest absolute Gasteiger partial charge is 0.416 e. The van der Waals surface area contributed by atoms with E-state index in [1.807, 2.05) is 0 Å². The topological polar surface area (TPSA) is 91.3 Å². The summed E-state index contributed by atoms with van der Waals surface area (Å²) in [6, 6.07) is 1.16. The van der Waals surface area contributed by atoms with Gasteiger partial charge in [0.2, 0.25) is 20.1 Å². The summed E-state index contributed by atoms with van der Waals surface area (Å²) in [5.74, 6) is -0.667. The first-order valence-electron chi connectivity index (χ1n) is 6.41. The van der Waals surface area contributed by atoms with Crippen LogP contribution in [-0.4, -0.2) is 42.2 Å². The number of hydrogen-bond donors (Lipinski definition) is 0. The number of halogens is 3. The van der Waals surface area contributed by atoms with Crippen molar-refractivity contribution >= 4 is 21.4 Å². The summed E-state index contributed by atoms with van der Waals surface area (Å²) < 4.78 is 75.2. The lowest BCUT2D eigenvalue weighted by molar-refractivity contribution is -0.137. The molecule has 0 aromatic carbocycles. The Hall–Kier alpha value is -1.79. The van der Waals surface area contributed by atoms with Gasteiger partial charge in [-0.15, -0.1) is 4.37 Å². The number of aromatic nitrogens is 3. The van der Waals surface area contributed by atoms with Gasteiger partial charge in [0.1, 0.15) is 0 Å². The van der Waals surface area contributed by atoms with Gasteiger partial charge in [0.15, 0.2) is 0 Å². The molecule has 0 aliphatic rings. The van der Waals surface area contributed by atoms with E-state index in [0.29, 0.717) is 17.6 Å². The zero-order valence-corrected chi connectivity index (χ0v) is 14.1. The molecule has 0 spiro atoms. The number of sulfone groups is 1. The molecule has 0 saturated heterocycles. The van der Waals surface area contributed by atoms with Crippen molar-refractivity contribution in [2.75, 3.05) is 19.5 Å². The first-order valence-corrected chi connectivity index (χ1v) is 8.83. The number of rotatable bonds is 6. The van der Waals surface area contributed by atoms with Gasteiger partial charge in [0.05, 0.1) is 17.9 Å². The second kappa shape index (κ2) is 6.99. The van der Waals surface area contributed by atoms with Crippen LogP contribution in [0, 0.1) is 6.92 Å². The van der Waals surface area contributed by atoms with E-state index in [-0.39, 0.29) is 34.3 Å². The van der Waals surface area contributed by atoms with E-state index < -0.39 is 21.6 Å². The molecule has 0 radical (unpaired) electrons.